The van der Waals surface area contributed by atoms with Crippen LogP contribution < -0.4 is 19.5 Å². The Morgan fingerprint density at radius 2 is 1.93 bits per heavy atom. The number of thiophene rings is 1. The van der Waals surface area contributed by atoms with Gasteiger partial charge < -0.3 is 24.1 Å². The summed E-state index contributed by atoms with van der Waals surface area (Å²) in [6, 6.07) is 9.23. The van der Waals surface area contributed by atoms with E-state index in [1.807, 2.05) is 23.6 Å². The molecule has 0 saturated heterocycles. The molecule has 1 N–H and O–H groups in total. The number of carbonyl (C=O) groups excluding carboxylic acids is 1. The van der Waals surface area contributed by atoms with Crippen molar-refractivity contribution in [3.05, 3.63) is 53.0 Å². The highest BCUT2D eigenvalue weighted by Gasteiger charge is 2.12. The first kappa shape index (κ1) is 19.5. The highest BCUT2D eigenvalue weighted by atomic mass is 32.1. The smallest absolute Gasteiger partial charge is 0.244 e. The monoisotopic (exact) mass is 400 g/mol. The molecule has 1 amide bonds. The second-order valence-corrected chi connectivity index (χ2v) is 6.62. The van der Waals surface area contributed by atoms with Gasteiger partial charge in [0.25, 0.3) is 0 Å². The molecule has 3 aromatic rings. The van der Waals surface area contributed by atoms with E-state index < -0.39 is 0 Å². The van der Waals surface area contributed by atoms with E-state index in [9.17, 15) is 4.79 Å². The lowest BCUT2D eigenvalue weighted by Crippen LogP contribution is -2.20. The second kappa shape index (κ2) is 9.09. The van der Waals surface area contributed by atoms with Crippen LogP contribution in [0.25, 0.3) is 16.7 Å². The van der Waals surface area contributed by atoms with Gasteiger partial charge in [0.2, 0.25) is 11.7 Å². The van der Waals surface area contributed by atoms with E-state index in [4.69, 9.17) is 18.7 Å². The van der Waals surface area contributed by atoms with Crippen LogP contribution in [0.4, 0.5) is 0 Å². The van der Waals surface area contributed by atoms with Gasteiger partial charge >= 0.3 is 0 Å². The first-order valence-corrected chi connectivity index (χ1v) is 9.28. The SMILES string of the molecule is COc1cc(/C=C/C(=O)NCc2cc(-c3cccs3)on2)cc(OC)c1OC. The van der Waals surface area contributed by atoms with Gasteiger partial charge in [0.05, 0.1) is 32.8 Å². The Morgan fingerprint density at radius 1 is 1.18 bits per heavy atom. The summed E-state index contributed by atoms with van der Waals surface area (Å²) in [7, 11) is 4.62. The minimum atomic E-state index is -0.255. The van der Waals surface area contributed by atoms with Crippen molar-refractivity contribution in [2.75, 3.05) is 21.3 Å². The molecule has 2 heterocycles. The van der Waals surface area contributed by atoms with Crippen molar-refractivity contribution in [2.45, 2.75) is 6.54 Å². The number of methoxy groups -OCH3 is 3. The molecule has 3 rings (SSSR count). The molecule has 0 aliphatic rings. The molecule has 0 aliphatic carbocycles. The number of hydrogen-bond donors (Lipinski definition) is 1. The molecule has 0 unspecified atom stereocenters. The van der Waals surface area contributed by atoms with Gasteiger partial charge in [-0.05, 0) is 35.2 Å². The van der Waals surface area contributed by atoms with Crippen LogP contribution in [0, 0.1) is 0 Å². The van der Waals surface area contributed by atoms with Crippen LogP contribution in [-0.2, 0) is 11.3 Å². The van der Waals surface area contributed by atoms with E-state index >= 15 is 0 Å². The number of nitrogens with zero attached hydrogens (tertiary/aromatic N) is 1. The van der Waals surface area contributed by atoms with Crippen molar-refractivity contribution in [3.8, 4) is 27.9 Å². The maximum atomic E-state index is 12.1. The van der Waals surface area contributed by atoms with Gasteiger partial charge in [-0.15, -0.1) is 11.3 Å². The summed E-state index contributed by atoms with van der Waals surface area (Å²) in [6.07, 6.45) is 3.10. The Balaban J connectivity index is 1.62. The van der Waals surface area contributed by atoms with Crippen LogP contribution in [0.2, 0.25) is 0 Å². The average molecular weight is 400 g/mol. The third kappa shape index (κ3) is 4.52. The Bertz CT molecular complexity index is 938. The third-order valence-corrected chi connectivity index (χ3v) is 4.77. The molecule has 0 spiro atoms. The molecule has 7 nitrogen and oxygen atoms in total. The van der Waals surface area contributed by atoms with Crippen molar-refractivity contribution in [1.82, 2.24) is 10.5 Å². The van der Waals surface area contributed by atoms with Crippen molar-refractivity contribution in [2.24, 2.45) is 0 Å². The van der Waals surface area contributed by atoms with Gasteiger partial charge in [0.15, 0.2) is 17.3 Å². The molecule has 0 radical (unpaired) electrons. The number of aromatic nitrogens is 1. The summed E-state index contributed by atoms with van der Waals surface area (Å²) >= 11 is 1.57. The Morgan fingerprint density at radius 3 is 2.54 bits per heavy atom. The molecule has 0 bridgehead atoms. The van der Waals surface area contributed by atoms with Gasteiger partial charge in [0.1, 0.15) is 5.69 Å². The zero-order valence-electron chi connectivity index (χ0n) is 15.7. The zero-order chi connectivity index (χ0) is 19.9. The molecule has 0 aliphatic heterocycles. The number of hydrogen-bond acceptors (Lipinski definition) is 7. The molecule has 146 valence electrons. The lowest BCUT2D eigenvalue weighted by Gasteiger charge is -2.12. The number of ether oxygens (including phenoxy) is 3. The summed E-state index contributed by atoms with van der Waals surface area (Å²) in [6.45, 7) is 0.271. The van der Waals surface area contributed by atoms with Gasteiger partial charge in [0, 0.05) is 12.1 Å². The maximum Gasteiger partial charge on any atom is 0.244 e. The van der Waals surface area contributed by atoms with Crippen LogP contribution in [-0.4, -0.2) is 32.4 Å². The molecule has 2 aromatic heterocycles. The number of rotatable bonds is 8. The van der Waals surface area contributed by atoms with Crippen molar-refractivity contribution in [1.29, 1.82) is 0 Å². The highest BCUT2D eigenvalue weighted by molar-refractivity contribution is 7.13. The Hall–Kier alpha value is -3.26. The van der Waals surface area contributed by atoms with E-state index in [-0.39, 0.29) is 12.5 Å². The largest absolute Gasteiger partial charge is 0.493 e. The fraction of sp³-hybridized carbons (Fsp3) is 0.200. The van der Waals surface area contributed by atoms with Crippen LogP contribution in [0.5, 0.6) is 17.2 Å². The second-order valence-electron chi connectivity index (χ2n) is 5.67. The normalized spacial score (nSPS) is 10.8. The van der Waals surface area contributed by atoms with Crippen molar-refractivity contribution < 1.29 is 23.5 Å². The van der Waals surface area contributed by atoms with Crippen LogP contribution in [0.1, 0.15) is 11.3 Å². The lowest BCUT2D eigenvalue weighted by molar-refractivity contribution is -0.116. The Labute approximate surface area is 166 Å². The fourth-order valence-electron chi connectivity index (χ4n) is 2.54. The lowest BCUT2D eigenvalue weighted by atomic mass is 10.1. The molecular weight excluding hydrogens is 380 g/mol. The number of amides is 1. The number of nitrogens with one attached hydrogen (secondary N) is 1. The van der Waals surface area contributed by atoms with E-state index in [1.165, 1.54) is 13.2 Å². The molecular formula is C20H20N2O5S. The van der Waals surface area contributed by atoms with Gasteiger partial charge in [-0.25, -0.2) is 0 Å². The third-order valence-electron chi connectivity index (χ3n) is 3.88. The minimum absolute atomic E-state index is 0.255. The summed E-state index contributed by atoms with van der Waals surface area (Å²) in [4.78, 5) is 13.1. The molecule has 1 aromatic carbocycles. The summed E-state index contributed by atoms with van der Waals surface area (Å²) < 4.78 is 21.2. The average Bonchev–Trinajstić information content (AvgIpc) is 3.41. The van der Waals surface area contributed by atoms with Crippen molar-refractivity contribution >= 4 is 23.3 Å². The molecule has 28 heavy (non-hydrogen) atoms. The summed E-state index contributed by atoms with van der Waals surface area (Å²) in [5.74, 6) is 1.97. The highest BCUT2D eigenvalue weighted by Crippen LogP contribution is 2.38. The Kier molecular flexibility index (Phi) is 6.33. The van der Waals surface area contributed by atoms with Crippen LogP contribution >= 0.6 is 11.3 Å². The first-order valence-electron chi connectivity index (χ1n) is 8.40. The van der Waals surface area contributed by atoms with E-state index in [0.29, 0.717) is 28.7 Å². The molecule has 0 saturated carbocycles. The van der Waals surface area contributed by atoms with Gasteiger partial charge in [-0.3, -0.25) is 4.79 Å². The van der Waals surface area contributed by atoms with Gasteiger partial charge in [-0.1, -0.05) is 11.2 Å². The topological polar surface area (TPSA) is 82.8 Å². The summed E-state index contributed by atoms with van der Waals surface area (Å²) in [5, 5.41) is 8.71. The van der Waals surface area contributed by atoms with Gasteiger partial charge in [-0.2, -0.15) is 0 Å². The molecule has 0 fully saturated rings. The van der Waals surface area contributed by atoms with E-state index in [0.717, 1.165) is 10.4 Å². The quantitative estimate of drug-likeness (QED) is 0.580. The van der Waals surface area contributed by atoms with Crippen LogP contribution in [0.15, 0.2) is 46.3 Å². The molecule has 8 heteroatoms. The van der Waals surface area contributed by atoms with E-state index in [1.54, 1.807) is 43.8 Å². The number of carbonyl (C=O) groups is 1. The maximum absolute atomic E-state index is 12.1. The standard InChI is InChI=1S/C20H20N2O5S/c1-24-16-9-13(10-17(25-2)20(16)26-3)6-7-19(23)21-12-14-11-15(27-22-14)18-5-4-8-28-18/h4-11H,12H2,1-3H3,(H,21,23)/b7-6+. The number of benzene rings is 1. The molecule has 0 atom stereocenters. The fourth-order valence-corrected chi connectivity index (χ4v) is 3.21. The first-order chi connectivity index (χ1) is 13.6. The zero-order valence-corrected chi connectivity index (χ0v) is 16.5. The summed E-state index contributed by atoms with van der Waals surface area (Å²) in [5.41, 5.74) is 1.39. The van der Waals surface area contributed by atoms with Crippen molar-refractivity contribution in [3.63, 3.8) is 0 Å². The van der Waals surface area contributed by atoms with E-state index in [2.05, 4.69) is 10.5 Å². The van der Waals surface area contributed by atoms with Crippen LogP contribution in [0.3, 0.4) is 0 Å². The minimum Gasteiger partial charge on any atom is -0.493 e. The predicted octanol–water partition coefficient (Wildman–Crippen LogP) is 3.76. The predicted molar refractivity (Wildman–Crippen MR) is 107 cm³/mol.